The normalized spacial score (nSPS) is 11.1. The third-order valence-electron chi connectivity index (χ3n) is 6.05. The quantitative estimate of drug-likeness (QED) is 0.199. The summed E-state index contributed by atoms with van der Waals surface area (Å²) >= 11 is 0. The Labute approximate surface area is 218 Å². The molecule has 0 aliphatic carbocycles. The van der Waals surface area contributed by atoms with E-state index in [4.69, 9.17) is 18.0 Å². The van der Waals surface area contributed by atoms with E-state index < -0.39 is 0 Å². The zero-order valence-electron chi connectivity index (χ0n) is 22.2. The van der Waals surface area contributed by atoms with Crippen LogP contribution < -0.4 is 15.8 Å². The molecule has 0 bridgehead atoms. The van der Waals surface area contributed by atoms with Crippen molar-refractivity contribution >= 4 is 32.9 Å². The SMILES string of the molecule is CC(C)=CCc1c(O)cc2oc(C)cc(=O)c2c1O.COc1c(C(C)C)oc2cc3oc(=O)ccc3cc12. The summed E-state index contributed by atoms with van der Waals surface area (Å²) in [6, 6.07) is 9.50. The molecule has 0 radical (unpaired) electrons. The number of fused-ring (bicyclic) bond motifs is 3. The number of benzene rings is 2. The van der Waals surface area contributed by atoms with E-state index in [1.54, 1.807) is 26.2 Å². The van der Waals surface area contributed by atoms with Gasteiger partial charge in [-0.05, 0) is 39.3 Å². The van der Waals surface area contributed by atoms with Gasteiger partial charge in [0.05, 0.1) is 12.5 Å². The number of phenols is 2. The van der Waals surface area contributed by atoms with Gasteiger partial charge in [-0.25, -0.2) is 4.79 Å². The number of hydrogen-bond donors (Lipinski definition) is 2. The van der Waals surface area contributed by atoms with E-state index in [2.05, 4.69) is 0 Å². The first-order valence-corrected chi connectivity index (χ1v) is 12.2. The van der Waals surface area contributed by atoms with Gasteiger partial charge in [-0.3, -0.25) is 4.79 Å². The highest BCUT2D eigenvalue weighted by molar-refractivity contribution is 5.97. The number of ether oxygens (including phenoxy) is 1. The first kappa shape index (κ1) is 26.6. The molecule has 0 saturated heterocycles. The van der Waals surface area contributed by atoms with Crippen LogP contribution in [-0.4, -0.2) is 17.3 Å². The second kappa shape index (κ2) is 10.5. The fraction of sp³-hybridized carbons (Fsp3) is 0.267. The van der Waals surface area contributed by atoms with E-state index in [0.29, 0.717) is 28.9 Å². The van der Waals surface area contributed by atoms with Crippen LogP contribution in [0.2, 0.25) is 0 Å². The molecule has 0 aliphatic heterocycles. The fourth-order valence-electron chi connectivity index (χ4n) is 4.20. The third kappa shape index (κ3) is 5.16. The van der Waals surface area contributed by atoms with E-state index in [1.165, 1.54) is 18.2 Å². The number of allylic oxidation sites excluding steroid dienone is 2. The highest BCUT2D eigenvalue weighted by atomic mass is 16.5. The molecule has 38 heavy (non-hydrogen) atoms. The Morgan fingerprint density at radius 1 is 0.974 bits per heavy atom. The van der Waals surface area contributed by atoms with Crippen LogP contribution in [0.15, 0.2) is 70.9 Å². The van der Waals surface area contributed by atoms with Gasteiger partial charge < -0.3 is 28.2 Å². The van der Waals surface area contributed by atoms with Gasteiger partial charge in [-0.1, -0.05) is 25.5 Å². The Morgan fingerprint density at radius 2 is 1.71 bits per heavy atom. The van der Waals surface area contributed by atoms with Gasteiger partial charge in [0, 0.05) is 41.1 Å². The molecule has 8 nitrogen and oxygen atoms in total. The molecule has 0 saturated carbocycles. The first-order valence-electron chi connectivity index (χ1n) is 12.2. The summed E-state index contributed by atoms with van der Waals surface area (Å²) in [5, 5.41) is 22.0. The topological polar surface area (TPSA) is 123 Å². The van der Waals surface area contributed by atoms with Crippen LogP contribution in [0.3, 0.4) is 0 Å². The monoisotopic (exact) mass is 518 g/mol. The highest BCUT2D eigenvalue weighted by Gasteiger charge is 2.19. The van der Waals surface area contributed by atoms with Crippen molar-refractivity contribution in [3.8, 4) is 17.2 Å². The number of methoxy groups -OCH3 is 1. The molecule has 0 unspecified atom stereocenters. The molecule has 0 atom stereocenters. The van der Waals surface area contributed by atoms with Gasteiger partial charge in [-0.2, -0.15) is 0 Å². The maximum atomic E-state index is 11.9. The van der Waals surface area contributed by atoms with Crippen molar-refractivity contribution in [2.24, 2.45) is 0 Å². The number of hydrogen-bond acceptors (Lipinski definition) is 8. The highest BCUT2D eigenvalue weighted by Crippen LogP contribution is 2.39. The molecule has 0 aliphatic rings. The van der Waals surface area contributed by atoms with Gasteiger partial charge in [0.25, 0.3) is 0 Å². The van der Waals surface area contributed by atoms with Crippen molar-refractivity contribution in [1.29, 1.82) is 0 Å². The molecule has 3 aromatic heterocycles. The minimum Gasteiger partial charge on any atom is -0.507 e. The molecule has 0 fully saturated rings. The van der Waals surface area contributed by atoms with Crippen molar-refractivity contribution in [2.45, 2.75) is 47.0 Å². The van der Waals surface area contributed by atoms with Crippen LogP contribution in [0, 0.1) is 6.92 Å². The van der Waals surface area contributed by atoms with E-state index in [9.17, 15) is 19.8 Å². The molecule has 198 valence electrons. The van der Waals surface area contributed by atoms with Crippen molar-refractivity contribution < 1.29 is 28.2 Å². The summed E-state index contributed by atoms with van der Waals surface area (Å²) in [4.78, 5) is 23.1. The summed E-state index contributed by atoms with van der Waals surface area (Å²) in [5.74, 6) is 1.93. The summed E-state index contributed by atoms with van der Waals surface area (Å²) in [5.41, 5.74) is 2.11. The summed E-state index contributed by atoms with van der Waals surface area (Å²) < 4.78 is 21.8. The Bertz CT molecular complexity index is 1790. The molecule has 3 heterocycles. The van der Waals surface area contributed by atoms with Crippen LogP contribution in [0.4, 0.5) is 0 Å². The van der Waals surface area contributed by atoms with Crippen molar-refractivity contribution in [1.82, 2.24) is 0 Å². The largest absolute Gasteiger partial charge is 0.507 e. The molecule has 2 aromatic carbocycles. The van der Waals surface area contributed by atoms with E-state index in [1.807, 2.05) is 39.8 Å². The van der Waals surface area contributed by atoms with E-state index in [-0.39, 0.29) is 39.4 Å². The third-order valence-corrected chi connectivity index (χ3v) is 6.05. The number of phenolic OH excluding ortho intramolecular Hbond substituents is 2. The van der Waals surface area contributed by atoms with Gasteiger partial charge in [-0.15, -0.1) is 0 Å². The predicted octanol–water partition coefficient (Wildman–Crippen LogP) is 6.69. The minimum absolute atomic E-state index is 0.0729. The van der Waals surface area contributed by atoms with Crippen molar-refractivity contribution in [3.63, 3.8) is 0 Å². The maximum Gasteiger partial charge on any atom is 0.336 e. The van der Waals surface area contributed by atoms with Gasteiger partial charge in [0.15, 0.2) is 11.2 Å². The molecule has 2 N–H and O–H groups in total. The molecular weight excluding hydrogens is 488 g/mol. The summed E-state index contributed by atoms with van der Waals surface area (Å²) in [7, 11) is 1.63. The second-order valence-corrected chi connectivity index (χ2v) is 9.60. The second-order valence-electron chi connectivity index (χ2n) is 9.60. The lowest BCUT2D eigenvalue weighted by molar-refractivity contribution is 0.390. The zero-order valence-corrected chi connectivity index (χ0v) is 22.2. The molecule has 0 spiro atoms. The molecule has 5 rings (SSSR count). The molecule has 0 amide bonds. The Hall–Kier alpha value is -4.46. The molecular formula is C30H30O8. The van der Waals surface area contributed by atoms with Crippen LogP contribution in [0.25, 0.3) is 32.9 Å². The lowest BCUT2D eigenvalue weighted by atomic mass is 10.0. The Balaban J connectivity index is 0.000000177. The zero-order chi connectivity index (χ0) is 27.7. The number of rotatable bonds is 4. The Kier molecular flexibility index (Phi) is 7.35. The lowest BCUT2D eigenvalue weighted by Crippen LogP contribution is -2.02. The molecule has 5 aromatic rings. The van der Waals surface area contributed by atoms with Crippen LogP contribution in [0.1, 0.15) is 50.7 Å². The van der Waals surface area contributed by atoms with Gasteiger partial charge in [0.2, 0.25) is 0 Å². The van der Waals surface area contributed by atoms with Crippen LogP contribution in [-0.2, 0) is 6.42 Å². The average Bonchev–Trinajstić information content (AvgIpc) is 3.19. The fourth-order valence-corrected chi connectivity index (χ4v) is 4.20. The maximum absolute atomic E-state index is 11.9. The Morgan fingerprint density at radius 3 is 2.37 bits per heavy atom. The number of aromatic hydroxyl groups is 2. The van der Waals surface area contributed by atoms with Crippen LogP contribution >= 0.6 is 0 Å². The first-order chi connectivity index (χ1) is 18.0. The van der Waals surface area contributed by atoms with Gasteiger partial charge >= 0.3 is 5.63 Å². The minimum atomic E-state index is -0.366. The molecule has 8 heteroatoms. The van der Waals surface area contributed by atoms with Crippen molar-refractivity contribution in [3.05, 3.63) is 85.8 Å². The number of furan rings is 1. The number of aryl methyl sites for hydroxylation is 1. The van der Waals surface area contributed by atoms with Crippen LogP contribution in [0.5, 0.6) is 17.2 Å². The van der Waals surface area contributed by atoms with E-state index >= 15 is 0 Å². The average molecular weight is 519 g/mol. The lowest BCUT2D eigenvalue weighted by Gasteiger charge is -2.08. The summed E-state index contributed by atoms with van der Waals surface area (Å²) in [6.45, 7) is 9.58. The smallest absolute Gasteiger partial charge is 0.336 e. The standard InChI is InChI=1S/C15H14O4.C15H16O4/c1-8(2)14-15(17-3)10-6-9-4-5-13(16)18-11(9)7-12(10)19-14;1-8(2)4-5-10-11(16)7-13-14(15(10)18)12(17)6-9(3)19-13/h4-8H,1-3H3;4,6-7,16,18H,5H2,1-3H3. The summed E-state index contributed by atoms with van der Waals surface area (Å²) in [6.07, 6.45) is 2.24. The van der Waals surface area contributed by atoms with Gasteiger partial charge in [0.1, 0.15) is 45.2 Å². The van der Waals surface area contributed by atoms with Crippen molar-refractivity contribution in [2.75, 3.05) is 7.11 Å². The predicted molar refractivity (Wildman–Crippen MR) is 147 cm³/mol. The van der Waals surface area contributed by atoms with E-state index in [0.717, 1.165) is 27.9 Å².